The van der Waals surface area contributed by atoms with Gasteiger partial charge in [0.1, 0.15) is 5.04 Å². The van der Waals surface area contributed by atoms with E-state index < -0.39 is 0 Å². The monoisotopic (exact) mass is 389 g/mol. The molecule has 3 aromatic rings. The molecule has 0 aliphatic rings. The van der Waals surface area contributed by atoms with Crippen molar-refractivity contribution in [3.8, 4) is 11.5 Å². The Balaban J connectivity index is 1.89. The Morgan fingerprint density at radius 2 is 1.50 bits per heavy atom. The van der Waals surface area contributed by atoms with Gasteiger partial charge in [-0.2, -0.15) is 0 Å². The van der Waals surface area contributed by atoms with Crippen LogP contribution in [0.4, 0.5) is 5.69 Å². The molecule has 4 heteroatoms. The van der Waals surface area contributed by atoms with Crippen molar-refractivity contribution < 1.29 is 9.47 Å². The normalized spacial score (nSPS) is 12.0. The number of hydrogen-bond acceptors (Lipinski definition) is 4. The fraction of sp³-hybridized carbons (Fsp3) is 0.125. The smallest absolute Gasteiger partial charge is 0.168 e. The summed E-state index contributed by atoms with van der Waals surface area (Å²) in [6.07, 6.45) is 1.72. The largest absolute Gasteiger partial charge is 0.493 e. The highest BCUT2D eigenvalue weighted by atomic mass is 32.2. The molecule has 0 amide bonds. The van der Waals surface area contributed by atoms with Crippen molar-refractivity contribution in [2.75, 3.05) is 7.11 Å². The van der Waals surface area contributed by atoms with Crippen molar-refractivity contribution in [1.82, 2.24) is 0 Å². The highest BCUT2D eigenvalue weighted by Gasteiger charge is 2.08. The van der Waals surface area contributed by atoms with Gasteiger partial charge in [-0.15, -0.1) is 0 Å². The zero-order chi connectivity index (χ0) is 19.8. The van der Waals surface area contributed by atoms with Crippen LogP contribution in [0.15, 0.2) is 101 Å². The first-order valence-electron chi connectivity index (χ1n) is 9.01. The first-order valence-corrected chi connectivity index (χ1v) is 9.82. The number of para-hydroxylation sites is 2. The van der Waals surface area contributed by atoms with Crippen molar-refractivity contribution in [1.29, 1.82) is 0 Å². The third-order valence-corrected chi connectivity index (χ3v) is 5.11. The molecule has 0 unspecified atom stereocenters. The molecule has 0 heterocycles. The summed E-state index contributed by atoms with van der Waals surface area (Å²) in [7, 11) is 1.63. The summed E-state index contributed by atoms with van der Waals surface area (Å²) in [6.45, 7) is 4.07. The predicted molar refractivity (Wildman–Crippen MR) is 118 cm³/mol. The van der Waals surface area contributed by atoms with Crippen molar-refractivity contribution in [2.45, 2.75) is 18.7 Å². The fourth-order valence-electron chi connectivity index (χ4n) is 2.45. The summed E-state index contributed by atoms with van der Waals surface area (Å²) >= 11 is 1.61. The van der Waals surface area contributed by atoms with Gasteiger partial charge in [0.05, 0.1) is 19.1 Å². The van der Waals surface area contributed by atoms with E-state index in [1.807, 2.05) is 61.5 Å². The molecular formula is C24H23NO2S. The molecule has 0 bridgehead atoms. The molecule has 0 aromatic heterocycles. The van der Waals surface area contributed by atoms with E-state index in [1.165, 1.54) is 5.56 Å². The van der Waals surface area contributed by atoms with Gasteiger partial charge < -0.3 is 9.47 Å². The third-order valence-electron chi connectivity index (χ3n) is 3.99. The Hall–Kier alpha value is -2.98. The fourth-order valence-corrected chi connectivity index (χ4v) is 3.32. The van der Waals surface area contributed by atoms with Crippen LogP contribution in [-0.4, -0.2) is 12.2 Å². The number of rotatable bonds is 6. The van der Waals surface area contributed by atoms with E-state index in [0.717, 1.165) is 21.2 Å². The lowest BCUT2D eigenvalue weighted by Crippen LogP contribution is -1.98. The van der Waals surface area contributed by atoms with Crippen molar-refractivity contribution in [3.05, 3.63) is 96.3 Å². The Labute approximate surface area is 170 Å². The zero-order valence-corrected chi connectivity index (χ0v) is 17.1. The number of methoxy groups -OCH3 is 1. The lowest BCUT2D eigenvalue weighted by atomic mass is 10.2. The average molecular weight is 390 g/mol. The SMILES string of the molecule is COc1ccccc1O/C=C(C)/C(=N/c1ccc(C)cc1)Sc1ccccc1. The summed E-state index contributed by atoms with van der Waals surface area (Å²) in [4.78, 5) is 5.97. The zero-order valence-electron chi connectivity index (χ0n) is 16.3. The van der Waals surface area contributed by atoms with E-state index >= 15 is 0 Å². The molecule has 3 nitrogen and oxygen atoms in total. The van der Waals surface area contributed by atoms with E-state index in [2.05, 4.69) is 31.2 Å². The third kappa shape index (κ3) is 5.51. The van der Waals surface area contributed by atoms with Gasteiger partial charge >= 0.3 is 0 Å². The summed E-state index contributed by atoms with van der Waals surface area (Å²) in [6, 6.07) is 26.0. The molecule has 0 saturated heterocycles. The van der Waals surface area contributed by atoms with Crippen LogP contribution in [-0.2, 0) is 0 Å². The number of aliphatic imine (C=N–C) groups is 1. The number of hydrogen-bond donors (Lipinski definition) is 0. The lowest BCUT2D eigenvalue weighted by Gasteiger charge is -2.10. The second-order valence-corrected chi connectivity index (χ2v) is 7.30. The van der Waals surface area contributed by atoms with Crippen LogP contribution in [0.25, 0.3) is 0 Å². The molecule has 0 aliphatic heterocycles. The Bertz CT molecular complexity index is 963. The summed E-state index contributed by atoms with van der Waals surface area (Å²) in [5.41, 5.74) is 3.05. The van der Waals surface area contributed by atoms with Crippen LogP contribution in [0.2, 0.25) is 0 Å². The van der Waals surface area contributed by atoms with Gasteiger partial charge in [0.2, 0.25) is 0 Å². The van der Waals surface area contributed by atoms with Gasteiger partial charge in [0.25, 0.3) is 0 Å². The van der Waals surface area contributed by atoms with E-state index in [-0.39, 0.29) is 0 Å². The van der Waals surface area contributed by atoms with Crippen molar-refractivity contribution in [2.24, 2.45) is 4.99 Å². The van der Waals surface area contributed by atoms with Crippen LogP contribution in [0.5, 0.6) is 11.5 Å². The Kier molecular flexibility index (Phi) is 6.93. The summed E-state index contributed by atoms with van der Waals surface area (Å²) < 4.78 is 11.2. The van der Waals surface area contributed by atoms with Crippen molar-refractivity contribution in [3.63, 3.8) is 0 Å². The minimum Gasteiger partial charge on any atom is -0.493 e. The molecular weight excluding hydrogens is 366 g/mol. The van der Waals surface area contributed by atoms with Crippen LogP contribution < -0.4 is 9.47 Å². The van der Waals surface area contributed by atoms with Gasteiger partial charge in [-0.05, 0) is 50.2 Å². The van der Waals surface area contributed by atoms with Crippen molar-refractivity contribution >= 4 is 22.5 Å². The molecule has 0 atom stereocenters. The number of nitrogens with zero attached hydrogens (tertiary/aromatic N) is 1. The van der Waals surface area contributed by atoms with E-state index in [0.29, 0.717) is 11.5 Å². The number of ether oxygens (including phenoxy) is 2. The first kappa shape index (κ1) is 19.8. The van der Waals surface area contributed by atoms with Crippen LogP contribution in [0.3, 0.4) is 0 Å². The number of aryl methyl sites for hydroxylation is 1. The van der Waals surface area contributed by atoms with Gasteiger partial charge in [-0.25, -0.2) is 4.99 Å². The van der Waals surface area contributed by atoms with Crippen LogP contribution in [0.1, 0.15) is 12.5 Å². The highest BCUT2D eigenvalue weighted by Crippen LogP contribution is 2.29. The Morgan fingerprint density at radius 1 is 0.857 bits per heavy atom. The number of thioether (sulfide) groups is 1. The highest BCUT2D eigenvalue weighted by molar-refractivity contribution is 8.14. The number of benzene rings is 3. The standard InChI is InChI=1S/C24H23NO2S/c1-18-13-15-20(16-14-18)25-24(28-21-9-5-4-6-10-21)19(2)17-27-23-12-8-7-11-22(23)26-3/h4-17H,1-3H3/b19-17+,25-24-. The summed E-state index contributed by atoms with van der Waals surface area (Å²) in [5, 5.41) is 0.880. The maximum absolute atomic E-state index is 5.88. The maximum Gasteiger partial charge on any atom is 0.168 e. The van der Waals surface area contributed by atoms with E-state index in [9.17, 15) is 0 Å². The van der Waals surface area contributed by atoms with Gasteiger partial charge in [-0.3, -0.25) is 0 Å². The molecule has 0 saturated carbocycles. The van der Waals surface area contributed by atoms with Gasteiger partial charge in [-0.1, -0.05) is 59.8 Å². The molecule has 28 heavy (non-hydrogen) atoms. The van der Waals surface area contributed by atoms with E-state index in [4.69, 9.17) is 14.5 Å². The molecule has 0 N–H and O–H groups in total. The summed E-state index contributed by atoms with van der Waals surface area (Å²) in [5.74, 6) is 1.36. The molecule has 0 radical (unpaired) electrons. The molecule has 142 valence electrons. The molecule has 0 fully saturated rings. The van der Waals surface area contributed by atoms with Gasteiger partial charge in [0, 0.05) is 10.5 Å². The average Bonchev–Trinajstić information content (AvgIpc) is 2.74. The van der Waals surface area contributed by atoms with E-state index in [1.54, 1.807) is 25.1 Å². The van der Waals surface area contributed by atoms with Crippen LogP contribution in [0, 0.1) is 6.92 Å². The minimum absolute atomic E-state index is 0.670. The maximum atomic E-state index is 5.88. The molecule has 3 rings (SSSR count). The molecule has 3 aromatic carbocycles. The second-order valence-electron chi connectivity index (χ2n) is 6.24. The molecule has 0 aliphatic carbocycles. The van der Waals surface area contributed by atoms with Gasteiger partial charge in [0.15, 0.2) is 11.5 Å². The minimum atomic E-state index is 0.670. The van der Waals surface area contributed by atoms with Crippen LogP contribution >= 0.6 is 11.8 Å². The predicted octanol–water partition coefficient (Wildman–Crippen LogP) is 6.81. The Morgan fingerprint density at radius 3 is 2.18 bits per heavy atom. The lowest BCUT2D eigenvalue weighted by molar-refractivity contribution is 0.377. The topological polar surface area (TPSA) is 30.8 Å². The molecule has 0 spiro atoms. The quantitative estimate of drug-likeness (QED) is 0.201. The first-order chi connectivity index (χ1) is 13.7. The second kappa shape index (κ2) is 9.81.